The summed E-state index contributed by atoms with van der Waals surface area (Å²) in [6, 6.07) is 9.60. The van der Waals surface area contributed by atoms with Gasteiger partial charge in [0, 0.05) is 29.4 Å². The van der Waals surface area contributed by atoms with Gasteiger partial charge in [-0.15, -0.1) is 0 Å². The van der Waals surface area contributed by atoms with E-state index in [-0.39, 0.29) is 0 Å². The first-order valence-corrected chi connectivity index (χ1v) is 8.56. The van der Waals surface area contributed by atoms with Gasteiger partial charge >= 0.3 is 0 Å². The Kier molecular flexibility index (Phi) is 4.71. The van der Waals surface area contributed by atoms with Gasteiger partial charge in [0.2, 0.25) is 0 Å². The van der Waals surface area contributed by atoms with Crippen LogP contribution < -0.4 is 0 Å². The van der Waals surface area contributed by atoms with Crippen molar-refractivity contribution >= 4 is 35.1 Å². The van der Waals surface area contributed by atoms with Gasteiger partial charge in [-0.2, -0.15) is 5.10 Å². The average Bonchev–Trinajstić information content (AvgIpc) is 2.77. The second kappa shape index (κ2) is 6.73. The van der Waals surface area contributed by atoms with Crippen molar-refractivity contribution in [1.29, 1.82) is 0 Å². The van der Waals surface area contributed by atoms with Gasteiger partial charge in [-0.25, -0.2) is 9.97 Å². The average molecular weight is 349 g/mol. The van der Waals surface area contributed by atoms with E-state index in [1.54, 1.807) is 24.2 Å². The highest BCUT2D eigenvalue weighted by molar-refractivity contribution is 8.02. The molecule has 0 spiro atoms. The van der Waals surface area contributed by atoms with Gasteiger partial charge in [0.05, 0.1) is 10.6 Å². The molecule has 2 heterocycles. The molecule has 3 rings (SSSR count). The summed E-state index contributed by atoms with van der Waals surface area (Å²) in [6.45, 7) is 2.01. The molecule has 0 amide bonds. The normalized spacial score (nSPS) is 10.9. The molecule has 0 aliphatic heterocycles. The van der Waals surface area contributed by atoms with Gasteiger partial charge in [0.1, 0.15) is 5.03 Å². The van der Waals surface area contributed by atoms with Gasteiger partial charge < -0.3 is 0 Å². The van der Waals surface area contributed by atoms with Crippen LogP contribution in [0.2, 0.25) is 5.02 Å². The van der Waals surface area contributed by atoms with Gasteiger partial charge in [-0.1, -0.05) is 23.4 Å². The molecule has 0 N–H and O–H groups in total. The lowest BCUT2D eigenvalue weighted by Crippen LogP contribution is -1.94. The van der Waals surface area contributed by atoms with Crippen LogP contribution in [0, 0.1) is 6.92 Å². The van der Waals surface area contributed by atoms with Crippen LogP contribution in [0.3, 0.4) is 0 Å². The van der Waals surface area contributed by atoms with Crippen molar-refractivity contribution in [2.24, 2.45) is 7.05 Å². The maximum atomic E-state index is 5.94. The Morgan fingerprint density at radius 1 is 1.05 bits per heavy atom. The first-order valence-electron chi connectivity index (χ1n) is 6.55. The molecule has 0 bridgehead atoms. The first-order chi connectivity index (χ1) is 10.6. The molecule has 0 aliphatic carbocycles. The SMILES string of the molecule is Cc1nn(C)c(Sc2ncccn2)c1Sc1ccc(Cl)cc1. The molecule has 7 heteroatoms. The molecule has 0 unspecified atom stereocenters. The number of nitrogens with zero attached hydrogens (tertiary/aromatic N) is 4. The second-order valence-corrected chi connectivity index (χ2v) is 7.01. The molecule has 0 saturated heterocycles. The van der Waals surface area contributed by atoms with E-state index in [1.165, 1.54) is 11.8 Å². The number of aryl methyl sites for hydroxylation is 2. The Bertz CT molecular complexity index is 772. The van der Waals surface area contributed by atoms with Crippen LogP contribution in [0.25, 0.3) is 0 Å². The third-order valence-corrected chi connectivity index (χ3v) is 5.52. The monoisotopic (exact) mass is 348 g/mol. The number of benzene rings is 1. The van der Waals surface area contributed by atoms with Crippen molar-refractivity contribution in [3.8, 4) is 0 Å². The molecule has 112 valence electrons. The Morgan fingerprint density at radius 2 is 1.73 bits per heavy atom. The van der Waals surface area contributed by atoms with Crippen molar-refractivity contribution < 1.29 is 0 Å². The number of halogens is 1. The Labute approximate surface area is 142 Å². The van der Waals surface area contributed by atoms with Gasteiger partial charge in [-0.3, -0.25) is 4.68 Å². The Hall–Kier alpha value is -1.50. The van der Waals surface area contributed by atoms with Crippen molar-refractivity contribution in [2.75, 3.05) is 0 Å². The lowest BCUT2D eigenvalue weighted by atomic mass is 10.4. The van der Waals surface area contributed by atoms with Crippen LogP contribution in [-0.2, 0) is 7.05 Å². The molecule has 4 nitrogen and oxygen atoms in total. The number of hydrogen-bond acceptors (Lipinski definition) is 5. The smallest absolute Gasteiger partial charge is 0.193 e. The maximum absolute atomic E-state index is 5.94. The fourth-order valence-corrected chi connectivity index (χ4v) is 4.00. The van der Waals surface area contributed by atoms with Crippen molar-refractivity contribution in [3.63, 3.8) is 0 Å². The largest absolute Gasteiger partial charge is 0.260 e. The van der Waals surface area contributed by atoms with Crippen LogP contribution in [0.4, 0.5) is 0 Å². The standard InChI is InChI=1S/C15H13ClN4S2/c1-10-13(21-12-6-4-11(16)5-7-12)14(20(2)19-10)22-15-17-8-3-9-18-15/h3-9H,1-2H3. The highest BCUT2D eigenvalue weighted by atomic mass is 35.5. The van der Waals surface area contributed by atoms with E-state index >= 15 is 0 Å². The zero-order chi connectivity index (χ0) is 15.5. The number of hydrogen-bond donors (Lipinski definition) is 0. The molecule has 22 heavy (non-hydrogen) atoms. The predicted molar refractivity (Wildman–Crippen MR) is 89.7 cm³/mol. The summed E-state index contributed by atoms with van der Waals surface area (Å²) in [6.07, 6.45) is 3.48. The highest BCUT2D eigenvalue weighted by Gasteiger charge is 2.17. The molecular weight excluding hydrogens is 336 g/mol. The third-order valence-electron chi connectivity index (χ3n) is 2.88. The summed E-state index contributed by atoms with van der Waals surface area (Å²) in [7, 11) is 1.93. The maximum Gasteiger partial charge on any atom is 0.193 e. The van der Waals surface area contributed by atoms with Crippen LogP contribution in [0.1, 0.15) is 5.69 Å². The minimum Gasteiger partial charge on any atom is -0.260 e. The van der Waals surface area contributed by atoms with Gasteiger partial charge in [0.15, 0.2) is 5.16 Å². The van der Waals surface area contributed by atoms with E-state index in [4.69, 9.17) is 11.6 Å². The summed E-state index contributed by atoms with van der Waals surface area (Å²) in [5.74, 6) is 0. The summed E-state index contributed by atoms with van der Waals surface area (Å²) >= 11 is 9.13. The summed E-state index contributed by atoms with van der Waals surface area (Å²) in [4.78, 5) is 10.8. The van der Waals surface area contributed by atoms with Gasteiger partial charge in [-0.05, 0) is 49.0 Å². The molecule has 1 aromatic carbocycles. The van der Waals surface area contributed by atoms with Crippen LogP contribution in [0.5, 0.6) is 0 Å². The zero-order valence-corrected chi connectivity index (χ0v) is 14.4. The quantitative estimate of drug-likeness (QED) is 0.650. The second-order valence-electron chi connectivity index (χ2n) is 4.53. The van der Waals surface area contributed by atoms with Crippen molar-refractivity contribution in [3.05, 3.63) is 53.4 Å². The number of aromatic nitrogens is 4. The first kappa shape index (κ1) is 15.4. The van der Waals surface area contributed by atoms with Gasteiger partial charge in [0.25, 0.3) is 0 Å². The predicted octanol–water partition coefficient (Wildman–Crippen LogP) is 4.47. The van der Waals surface area contributed by atoms with E-state index in [0.29, 0.717) is 5.16 Å². The minimum atomic E-state index is 0.712. The molecule has 0 aliphatic rings. The van der Waals surface area contributed by atoms with E-state index in [9.17, 15) is 0 Å². The zero-order valence-electron chi connectivity index (χ0n) is 12.0. The fourth-order valence-electron chi connectivity index (χ4n) is 1.89. The molecule has 0 saturated carbocycles. The molecule has 0 radical (unpaired) electrons. The third kappa shape index (κ3) is 3.45. The topological polar surface area (TPSA) is 43.6 Å². The van der Waals surface area contributed by atoms with E-state index in [2.05, 4.69) is 15.1 Å². The highest BCUT2D eigenvalue weighted by Crippen LogP contribution is 2.39. The van der Waals surface area contributed by atoms with E-state index in [1.807, 2.05) is 49.0 Å². The summed E-state index contributed by atoms with van der Waals surface area (Å²) in [5.41, 5.74) is 0.987. The molecule has 2 aromatic heterocycles. The van der Waals surface area contributed by atoms with E-state index in [0.717, 1.165) is 25.5 Å². The van der Waals surface area contributed by atoms with E-state index < -0.39 is 0 Å². The fraction of sp³-hybridized carbons (Fsp3) is 0.133. The summed E-state index contributed by atoms with van der Waals surface area (Å²) < 4.78 is 1.87. The van der Waals surface area contributed by atoms with Crippen LogP contribution in [-0.4, -0.2) is 19.7 Å². The van der Waals surface area contributed by atoms with Crippen molar-refractivity contribution in [1.82, 2.24) is 19.7 Å². The molecule has 0 fully saturated rings. The van der Waals surface area contributed by atoms with Crippen LogP contribution in [0.15, 0.2) is 62.7 Å². The minimum absolute atomic E-state index is 0.712. The lowest BCUT2D eigenvalue weighted by molar-refractivity contribution is 0.685. The van der Waals surface area contributed by atoms with Crippen LogP contribution >= 0.6 is 35.1 Å². The lowest BCUT2D eigenvalue weighted by Gasteiger charge is -2.05. The Morgan fingerprint density at radius 3 is 2.41 bits per heavy atom. The molecule has 3 aromatic rings. The van der Waals surface area contributed by atoms with Crippen molar-refractivity contribution in [2.45, 2.75) is 26.9 Å². The molecular formula is C15H13ClN4S2. The summed E-state index contributed by atoms with van der Waals surface area (Å²) in [5, 5.41) is 6.99. The Balaban J connectivity index is 1.92. The molecule has 0 atom stereocenters. The number of rotatable bonds is 4.